The molecule has 5 rings (SSSR count). The standard InChI is InChI=1S/C32H30F3N5O2/c1-22-5-6-25(17-24(22)8-7-23-3-2-4-30-28(23)19-36-21-37-30)31(42)38-27-10-9-26(29(18-27)32(33,34)35)20-40-13-11-39(12-14-40)15-16-41/h2-6,9-10,17-19,21,41H,11-16,20H2,1H3,(H,38,42). The van der Waals surface area contributed by atoms with Gasteiger partial charge in [0.1, 0.15) is 6.33 Å². The van der Waals surface area contributed by atoms with Gasteiger partial charge in [-0.25, -0.2) is 9.97 Å². The fraction of sp³-hybridized carbons (Fsp3) is 0.281. The van der Waals surface area contributed by atoms with Gasteiger partial charge < -0.3 is 10.4 Å². The number of hydrogen-bond donors (Lipinski definition) is 2. The van der Waals surface area contributed by atoms with E-state index in [4.69, 9.17) is 5.11 Å². The molecule has 0 saturated carbocycles. The van der Waals surface area contributed by atoms with Gasteiger partial charge in [-0.2, -0.15) is 13.2 Å². The van der Waals surface area contributed by atoms with Crippen molar-refractivity contribution in [1.29, 1.82) is 0 Å². The van der Waals surface area contributed by atoms with Gasteiger partial charge in [0, 0.05) is 73.2 Å². The fourth-order valence-corrected chi connectivity index (χ4v) is 4.96. The maximum atomic E-state index is 14.0. The first kappa shape index (κ1) is 29.2. The number of fused-ring (bicyclic) bond motifs is 1. The Bertz CT molecular complexity index is 1650. The first-order chi connectivity index (χ1) is 20.2. The molecule has 1 aliphatic heterocycles. The van der Waals surface area contributed by atoms with Crippen molar-refractivity contribution in [3.63, 3.8) is 0 Å². The van der Waals surface area contributed by atoms with Crippen LogP contribution in [0.4, 0.5) is 18.9 Å². The summed E-state index contributed by atoms with van der Waals surface area (Å²) in [5, 5.41) is 12.5. The molecule has 7 nitrogen and oxygen atoms in total. The van der Waals surface area contributed by atoms with Gasteiger partial charge in [0.05, 0.1) is 17.7 Å². The van der Waals surface area contributed by atoms with Crippen LogP contribution in [0.2, 0.25) is 0 Å². The maximum Gasteiger partial charge on any atom is 0.416 e. The quantitative estimate of drug-likeness (QED) is 0.325. The summed E-state index contributed by atoms with van der Waals surface area (Å²) in [6.07, 6.45) is -1.41. The van der Waals surface area contributed by atoms with Crippen LogP contribution in [0.25, 0.3) is 10.9 Å². The molecule has 1 aliphatic rings. The number of nitrogens with zero attached hydrogens (tertiary/aromatic N) is 4. The molecule has 3 aromatic carbocycles. The molecule has 0 unspecified atom stereocenters. The third kappa shape index (κ3) is 6.94. The van der Waals surface area contributed by atoms with Crippen LogP contribution in [0.3, 0.4) is 0 Å². The van der Waals surface area contributed by atoms with Gasteiger partial charge in [0.2, 0.25) is 0 Å². The third-order valence-corrected chi connectivity index (χ3v) is 7.33. The molecular weight excluding hydrogens is 543 g/mol. The number of carbonyl (C=O) groups is 1. The van der Waals surface area contributed by atoms with Crippen LogP contribution in [0, 0.1) is 18.8 Å². The zero-order valence-electron chi connectivity index (χ0n) is 23.1. The summed E-state index contributed by atoms with van der Waals surface area (Å²) in [6.45, 7) is 5.25. The number of nitrogens with one attached hydrogen (secondary N) is 1. The number of aliphatic hydroxyl groups is 1. The zero-order valence-corrected chi connectivity index (χ0v) is 23.1. The highest BCUT2D eigenvalue weighted by atomic mass is 19.4. The second-order valence-corrected chi connectivity index (χ2v) is 10.2. The molecule has 1 amide bonds. The van der Waals surface area contributed by atoms with E-state index in [9.17, 15) is 18.0 Å². The molecule has 0 bridgehead atoms. The number of alkyl halides is 3. The SMILES string of the molecule is Cc1ccc(C(=O)Nc2ccc(CN3CCN(CCO)CC3)c(C(F)(F)F)c2)cc1C#Cc1cccc2ncncc12. The van der Waals surface area contributed by atoms with E-state index in [1.807, 2.05) is 30.0 Å². The number of aromatic nitrogens is 2. The Balaban J connectivity index is 1.33. The average molecular weight is 574 g/mol. The second-order valence-electron chi connectivity index (χ2n) is 10.2. The van der Waals surface area contributed by atoms with E-state index in [1.165, 1.54) is 18.5 Å². The minimum absolute atomic E-state index is 0.0592. The Morgan fingerprint density at radius 1 is 1.00 bits per heavy atom. The molecule has 0 spiro atoms. The number of amides is 1. The van der Waals surface area contributed by atoms with Crippen molar-refractivity contribution in [3.8, 4) is 11.8 Å². The van der Waals surface area contributed by atoms with E-state index in [0.29, 0.717) is 38.3 Å². The van der Waals surface area contributed by atoms with Crippen molar-refractivity contribution >= 4 is 22.5 Å². The van der Waals surface area contributed by atoms with Crippen molar-refractivity contribution in [1.82, 2.24) is 19.8 Å². The van der Waals surface area contributed by atoms with Crippen molar-refractivity contribution in [2.75, 3.05) is 44.6 Å². The Labute approximate surface area is 242 Å². The van der Waals surface area contributed by atoms with E-state index in [0.717, 1.165) is 28.1 Å². The molecule has 42 heavy (non-hydrogen) atoms. The molecule has 216 valence electrons. The smallest absolute Gasteiger partial charge is 0.395 e. The van der Waals surface area contributed by atoms with Gasteiger partial charge in [-0.1, -0.05) is 30.0 Å². The highest BCUT2D eigenvalue weighted by Crippen LogP contribution is 2.35. The molecular formula is C32H30F3N5O2. The summed E-state index contributed by atoms with van der Waals surface area (Å²) in [7, 11) is 0. The number of hydrogen-bond acceptors (Lipinski definition) is 6. The second kappa shape index (κ2) is 12.7. The number of carbonyl (C=O) groups excluding carboxylic acids is 1. The summed E-state index contributed by atoms with van der Waals surface area (Å²) in [5.74, 6) is 5.71. The number of aryl methyl sites for hydroxylation is 1. The largest absolute Gasteiger partial charge is 0.416 e. The summed E-state index contributed by atoms with van der Waals surface area (Å²) in [4.78, 5) is 25.5. The monoisotopic (exact) mass is 573 g/mol. The number of anilines is 1. The third-order valence-electron chi connectivity index (χ3n) is 7.33. The molecule has 1 aromatic heterocycles. The summed E-state index contributed by atoms with van der Waals surface area (Å²) in [5.41, 5.74) is 2.73. The van der Waals surface area contributed by atoms with E-state index in [2.05, 4.69) is 32.0 Å². The highest BCUT2D eigenvalue weighted by molar-refractivity contribution is 6.04. The lowest BCUT2D eigenvalue weighted by atomic mass is 10.0. The predicted octanol–water partition coefficient (Wildman–Crippen LogP) is 4.72. The molecule has 2 N–H and O–H groups in total. The first-order valence-corrected chi connectivity index (χ1v) is 13.6. The number of β-amino-alcohol motifs (C(OH)–C–C–N with tert-alkyl or cyclic N) is 1. The summed E-state index contributed by atoms with van der Waals surface area (Å²) < 4.78 is 42.1. The molecule has 10 heteroatoms. The van der Waals surface area contributed by atoms with Crippen molar-refractivity contribution < 1.29 is 23.1 Å². The van der Waals surface area contributed by atoms with Crippen LogP contribution in [-0.4, -0.2) is 70.1 Å². The lowest BCUT2D eigenvalue weighted by molar-refractivity contribution is -0.138. The fourth-order valence-electron chi connectivity index (χ4n) is 4.96. The van der Waals surface area contributed by atoms with Crippen molar-refractivity contribution in [2.24, 2.45) is 0 Å². The lowest BCUT2D eigenvalue weighted by Gasteiger charge is -2.34. The normalized spacial score (nSPS) is 14.4. The Hall–Kier alpha value is -4.30. The van der Waals surface area contributed by atoms with Crippen molar-refractivity contribution in [2.45, 2.75) is 19.6 Å². The Kier molecular flexibility index (Phi) is 8.83. The molecule has 0 atom stereocenters. The van der Waals surface area contributed by atoms with Gasteiger partial charge in [-0.05, 0) is 54.4 Å². The Morgan fingerprint density at radius 2 is 1.76 bits per heavy atom. The maximum absolute atomic E-state index is 14.0. The average Bonchev–Trinajstić information content (AvgIpc) is 2.98. The number of halogens is 3. The van der Waals surface area contributed by atoms with Gasteiger partial charge in [0.25, 0.3) is 5.91 Å². The van der Waals surface area contributed by atoms with Gasteiger partial charge in [-0.15, -0.1) is 0 Å². The van der Waals surface area contributed by atoms with Crippen LogP contribution in [0.5, 0.6) is 0 Å². The van der Waals surface area contributed by atoms with Gasteiger partial charge >= 0.3 is 6.18 Å². The van der Waals surface area contributed by atoms with Gasteiger partial charge in [0.15, 0.2) is 0 Å². The molecule has 2 heterocycles. The minimum Gasteiger partial charge on any atom is -0.395 e. The lowest BCUT2D eigenvalue weighted by Crippen LogP contribution is -2.46. The Morgan fingerprint density at radius 3 is 2.52 bits per heavy atom. The van der Waals surface area contributed by atoms with Crippen molar-refractivity contribution in [3.05, 3.63) is 101 Å². The predicted molar refractivity (Wildman–Crippen MR) is 155 cm³/mol. The number of aliphatic hydroxyl groups excluding tert-OH is 1. The molecule has 0 radical (unpaired) electrons. The number of piperazine rings is 1. The summed E-state index contributed by atoms with van der Waals surface area (Å²) >= 11 is 0. The van der Waals surface area contributed by atoms with E-state index in [1.54, 1.807) is 24.4 Å². The van der Waals surface area contributed by atoms with Crippen LogP contribution in [0.15, 0.2) is 67.1 Å². The summed E-state index contributed by atoms with van der Waals surface area (Å²) in [6, 6.07) is 14.5. The van der Waals surface area contributed by atoms with Crippen LogP contribution in [-0.2, 0) is 12.7 Å². The topological polar surface area (TPSA) is 81.6 Å². The molecule has 1 fully saturated rings. The molecule has 1 saturated heterocycles. The number of rotatable bonds is 6. The zero-order chi connectivity index (χ0) is 29.7. The van der Waals surface area contributed by atoms with Crippen LogP contribution in [0.1, 0.15) is 38.2 Å². The van der Waals surface area contributed by atoms with Gasteiger partial charge in [-0.3, -0.25) is 14.6 Å². The van der Waals surface area contributed by atoms with Crippen LogP contribution >= 0.6 is 0 Å². The minimum atomic E-state index is -4.58. The van der Waals surface area contributed by atoms with E-state index in [-0.39, 0.29) is 30.0 Å². The first-order valence-electron chi connectivity index (χ1n) is 13.6. The number of benzene rings is 3. The molecule has 4 aromatic rings. The molecule has 0 aliphatic carbocycles. The van der Waals surface area contributed by atoms with Crippen LogP contribution < -0.4 is 5.32 Å². The van der Waals surface area contributed by atoms with E-state index >= 15 is 0 Å². The highest BCUT2D eigenvalue weighted by Gasteiger charge is 2.34. The van der Waals surface area contributed by atoms with E-state index < -0.39 is 17.6 Å².